The van der Waals surface area contributed by atoms with Gasteiger partial charge in [-0.1, -0.05) is 0 Å². The predicted octanol–water partition coefficient (Wildman–Crippen LogP) is -0.466. The number of thioether (sulfide) groups is 1. The van der Waals surface area contributed by atoms with E-state index < -0.39 is 5.25 Å². The van der Waals surface area contributed by atoms with Crippen LogP contribution in [0.15, 0.2) is 0 Å². The third-order valence-corrected chi connectivity index (χ3v) is 4.60. The molecule has 0 aliphatic carbocycles. The number of carbonyl (C=O) groups is 4. The van der Waals surface area contributed by atoms with E-state index in [0.717, 1.165) is 9.80 Å². The van der Waals surface area contributed by atoms with Crippen LogP contribution in [-0.4, -0.2) is 63.3 Å². The second-order valence-corrected chi connectivity index (χ2v) is 6.08. The summed E-state index contributed by atoms with van der Waals surface area (Å²) in [4.78, 5) is 48.9. The summed E-state index contributed by atoms with van der Waals surface area (Å²) in [5, 5.41) is -0.938. The summed E-state index contributed by atoms with van der Waals surface area (Å²) in [5.41, 5.74) is 0. The second-order valence-electron chi connectivity index (χ2n) is 4.42. The van der Waals surface area contributed by atoms with Crippen LogP contribution in [0.2, 0.25) is 0 Å². The van der Waals surface area contributed by atoms with Gasteiger partial charge in [0.1, 0.15) is 0 Å². The second kappa shape index (κ2) is 5.54. The van der Waals surface area contributed by atoms with Crippen LogP contribution in [0.1, 0.15) is 12.8 Å². The van der Waals surface area contributed by atoms with Crippen LogP contribution in [-0.2, 0) is 19.2 Å². The van der Waals surface area contributed by atoms with Crippen LogP contribution in [0.4, 0.5) is 0 Å². The molecule has 2 heterocycles. The number of likely N-dealkylation sites (tertiary alicyclic amines) is 2. The lowest BCUT2D eigenvalue weighted by Crippen LogP contribution is -2.41. The molecule has 2 fully saturated rings. The van der Waals surface area contributed by atoms with Crippen molar-refractivity contribution in [3.63, 3.8) is 0 Å². The first-order valence-corrected chi connectivity index (χ1v) is 7.65. The molecule has 19 heavy (non-hydrogen) atoms. The van der Waals surface area contributed by atoms with E-state index in [1.165, 1.54) is 11.8 Å². The molecule has 2 saturated heterocycles. The number of hydrogen-bond donors (Lipinski definition) is 1. The molecule has 0 aromatic carbocycles. The average Bonchev–Trinajstić information content (AvgIpc) is 2.77. The number of hydrogen-bond acceptors (Lipinski definition) is 6. The molecular formula is C11H14N2O4S2. The molecule has 0 N–H and O–H groups in total. The van der Waals surface area contributed by atoms with E-state index in [9.17, 15) is 19.2 Å². The van der Waals surface area contributed by atoms with Crippen molar-refractivity contribution in [2.45, 2.75) is 23.3 Å². The summed E-state index contributed by atoms with van der Waals surface area (Å²) in [7, 11) is 0. The third-order valence-electron chi connectivity index (χ3n) is 3.25. The van der Waals surface area contributed by atoms with Gasteiger partial charge in [-0.3, -0.25) is 29.0 Å². The van der Waals surface area contributed by atoms with Gasteiger partial charge in [-0.15, -0.1) is 0 Å². The van der Waals surface area contributed by atoms with Gasteiger partial charge in [0.2, 0.25) is 23.6 Å². The summed E-state index contributed by atoms with van der Waals surface area (Å²) in [6, 6.07) is 0. The van der Waals surface area contributed by atoms with Gasteiger partial charge in [-0.25, -0.2) is 0 Å². The van der Waals surface area contributed by atoms with E-state index in [1.54, 1.807) is 6.26 Å². The lowest BCUT2D eigenvalue weighted by atomic mass is 10.4. The van der Waals surface area contributed by atoms with Crippen LogP contribution in [0.5, 0.6) is 0 Å². The van der Waals surface area contributed by atoms with Gasteiger partial charge >= 0.3 is 0 Å². The number of nitrogens with zero attached hydrogens (tertiary/aromatic N) is 2. The minimum absolute atomic E-state index is 0.0628. The van der Waals surface area contributed by atoms with Crippen molar-refractivity contribution >= 4 is 48.0 Å². The van der Waals surface area contributed by atoms with Gasteiger partial charge in [-0.05, 0) is 6.26 Å². The zero-order valence-electron chi connectivity index (χ0n) is 10.4. The first kappa shape index (κ1) is 14.4. The van der Waals surface area contributed by atoms with Crippen molar-refractivity contribution in [3.8, 4) is 0 Å². The fraction of sp³-hybridized carbons (Fsp3) is 0.636. The molecular weight excluding hydrogens is 288 g/mol. The molecule has 104 valence electrons. The van der Waals surface area contributed by atoms with Crippen molar-refractivity contribution in [2.24, 2.45) is 0 Å². The molecule has 0 radical (unpaired) electrons. The molecule has 4 amide bonds. The normalized spacial score (nSPS) is 27.9. The fourth-order valence-corrected chi connectivity index (χ4v) is 3.11. The maximum absolute atomic E-state index is 11.9. The molecule has 0 spiro atoms. The topological polar surface area (TPSA) is 74.8 Å². The van der Waals surface area contributed by atoms with Crippen molar-refractivity contribution < 1.29 is 19.2 Å². The highest BCUT2D eigenvalue weighted by Crippen LogP contribution is 2.23. The first-order valence-electron chi connectivity index (χ1n) is 5.85. The van der Waals surface area contributed by atoms with Crippen molar-refractivity contribution in [1.82, 2.24) is 9.80 Å². The summed E-state index contributed by atoms with van der Waals surface area (Å²) in [5.74, 6) is -1.13. The molecule has 0 aromatic heterocycles. The van der Waals surface area contributed by atoms with Crippen LogP contribution in [0.3, 0.4) is 0 Å². The zero-order chi connectivity index (χ0) is 14.2. The molecule has 2 rings (SSSR count). The zero-order valence-corrected chi connectivity index (χ0v) is 12.1. The quantitative estimate of drug-likeness (QED) is 0.561. The SMILES string of the molecule is CSC1CC(=O)N(CCN2C(=O)CC(S)C2=O)C1=O. The molecule has 6 nitrogen and oxygen atoms in total. The maximum atomic E-state index is 11.9. The minimum atomic E-state index is -0.601. The Morgan fingerprint density at radius 1 is 1.05 bits per heavy atom. The highest BCUT2D eigenvalue weighted by molar-refractivity contribution is 8.00. The number of rotatable bonds is 4. The monoisotopic (exact) mass is 302 g/mol. The molecule has 0 saturated carbocycles. The van der Waals surface area contributed by atoms with Crippen molar-refractivity contribution in [1.29, 1.82) is 0 Å². The Kier molecular flexibility index (Phi) is 4.19. The van der Waals surface area contributed by atoms with Crippen LogP contribution < -0.4 is 0 Å². The Hall–Kier alpha value is -1.02. The van der Waals surface area contributed by atoms with E-state index in [2.05, 4.69) is 12.6 Å². The Balaban J connectivity index is 1.96. The Labute approximate surface area is 120 Å². The Bertz CT molecular complexity index is 454. The number of amides is 4. The largest absolute Gasteiger partial charge is 0.280 e. The Morgan fingerprint density at radius 2 is 1.58 bits per heavy atom. The van der Waals surface area contributed by atoms with Gasteiger partial charge in [0.05, 0.1) is 10.5 Å². The molecule has 2 aliphatic rings. The number of carbonyl (C=O) groups excluding carboxylic acids is 4. The number of imide groups is 2. The Morgan fingerprint density at radius 3 is 2.00 bits per heavy atom. The van der Waals surface area contributed by atoms with E-state index in [0.29, 0.717) is 0 Å². The van der Waals surface area contributed by atoms with Gasteiger partial charge < -0.3 is 0 Å². The van der Waals surface area contributed by atoms with E-state index in [1.807, 2.05) is 0 Å². The lowest BCUT2D eigenvalue weighted by Gasteiger charge is -2.19. The minimum Gasteiger partial charge on any atom is -0.280 e. The lowest BCUT2D eigenvalue weighted by molar-refractivity contribution is -0.143. The highest BCUT2D eigenvalue weighted by Gasteiger charge is 2.40. The molecule has 8 heteroatoms. The van der Waals surface area contributed by atoms with E-state index in [-0.39, 0.29) is 54.8 Å². The summed E-state index contributed by atoms with van der Waals surface area (Å²) in [6.07, 6.45) is 2.05. The molecule has 2 unspecified atom stereocenters. The van der Waals surface area contributed by atoms with Gasteiger partial charge in [0.25, 0.3) is 0 Å². The summed E-state index contributed by atoms with van der Waals surface area (Å²) in [6.45, 7) is 0.139. The maximum Gasteiger partial charge on any atom is 0.242 e. The third kappa shape index (κ3) is 2.64. The summed E-state index contributed by atoms with van der Waals surface area (Å²) < 4.78 is 0. The van der Waals surface area contributed by atoms with Gasteiger partial charge in [-0.2, -0.15) is 24.4 Å². The van der Waals surface area contributed by atoms with Crippen molar-refractivity contribution in [2.75, 3.05) is 19.3 Å². The number of thiol groups is 1. The van der Waals surface area contributed by atoms with Crippen LogP contribution in [0, 0.1) is 0 Å². The standard InChI is InChI=1S/C11H14N2O4S2/c1-19-7-5-9(15)13(11(7)17)3-2-12-8(14)4-6(18)10(12)16/h6-7,18H,2-5H2,1H3. The fourth-order valence-electron chi connectivity index (χ4n) is 2.17. The van der Waals surface area contributed by atoms with Crippen molar-refractivity contribution in [3.05, 3.63) is 0 Å². The van der Waals surface area contributed by atoms with Crippen LogP contribution in [0.25, 0.3) is 0 Å². The smallest absolute Gasteiger partial charge is 0.242 e. The molecule has 0 bridgehead atoms. The average molecular weight is 302 g/mol. The summed E-state index contributed by atoms with van der Waals surface area (Å²) >= 11 is 5.35. The molecule has 0 aromatic rings. The van der Waals surface area contributed by atoms with Gasteiger partial charge in [0, 0.05) is 25.9 Å². The predicted molar refractivity (Wildman–Crippen MR) is 72.8 cm³/mol. The van der Waals surface area contributed by atoms with Crippen LogP contribution >= 0.6 is 24.4 Å². The highest BCUT2D eigenvalue weighted by atomic mass is 32.2. The first-order chi connectivity index (χ1) is 8.95. The van der Waals surface area contributed by atoms with Gasteiger partial charge in [0.15, 0.2) is 0 Å². The van der Waals surface area contributed by atoms with E-state index >= 15 is 0 Å². The van der Waals surface area contributed by atoms with E-state index in [4.69, 9.17) is 0 Å². The molecule has 2 atom stereocenters. The molecule has 2 aliphatic heterocycles.